The molecular formula is C15H17BrN2. The molecule has 1 aliphatic rings. The van der Waals surface area contributed by atoms with E-state index < -0.39 is 0 Å². The standard InChI is InChI=1S/C15H17BrN2/c16-15(9-12-5-4-6-12)13-10-17-18(11-13)14-7-2-1-3-8-14/h1-3,7-8,10-12,15H,4-6,9H2. The SMILES string of the molecule is BrC(CC1CCC1)c1cnn(-c2ccccc2)c1. The van der Waals surface area contributed by atoms with Gasteiger partial charge in [0.15, 0.2) is 0 Å². The van der Waals surface area contributed by atoms with Crippen LogP contribution >= 0.6 is 15.9 Å². The highest BCUT2D eigenvalue weighted by Crippen LogP contribution is 2.38. The van der Waals surface area contributed by atoms with Crippen molar-refractivity contribution in [1.82, 2.24) is 9.78 Å². The number of para-hydroxylation sites is 1. The highest BCUT2D eigenvalue weighted by Gasteiger charge is 2.22. The third-order valence-corrected chi connectivity index (χ3v) is 4.65. The maximum Gasteiger partial charge on any atom is 0.0645 e. The number of nitrogens with zero attached hydrogens (tertiary/aromatic N) is 2. The van der Waals surface area contributed by atoms with Gasteiger partial charge >= 0.3 is 0 Å². The highest BCUT2D eigenvalue weighted by molar-refractivity contribution is 9.09. The molecule has 0 radical (unpaired) electrons. The number of alkyl halides is 1. The van der Waals surface area contributed by atoms with Gasteiger partial charge in [-0.3, -0.25) is 0 Å². The van der Waals surface area contributed by atoms with Crippen molar-refractivity contribution in [3.8, 4) is 5.69 Å². The van der Waals surface area contributed by atoms with Crippen LogP contribution in [0.4, 0.5) is 0 Å². The molecule has 3 rings (SSSR count). The van der Waals surface area contributed by atoms with E-state index in [1.807, 2.05) is 29.1 Å². The van der Waals surface area contributed by atoms with Gasteiger partial charge in [0.05, 0.1) is 11.9 Å². The Bertz CT molecular complexity index is 502. The molecule has 0 N–H and O–H groups in total. The van der Waals surface area contributed by atoms with Gasteiger partial charge in [-0.1, -0.05) is 53.4 Å². The molecule has 1 heterocycles. The Morgan fingerprint density at radius 1 is 1.28 bits per heavy atom. The zero-order valence-electron chi connectivity index (χ0n) is 10.3. The summed E-state index contributed by atoms with van der Waals surface area (Å²) >= 11 is 3.79. The second kappa shape index (κ2) is 5.27. The summed E-state index contributed by atoms with van der Waals surface area (Å²) in [4.78, 5) is 0.445. The van der Waals surface area contributed by atoms with E-state index in [0.29, 0.717) is 4.83 Å². The summed E-state index contributed by atoms with van der Waals surface area (Å²) < 4.78 is 1.95. The molecule has 1 aromatic carbocycles. The Labute approximate surface area is 116 Å². The fourth-order valence-electron chi connectivity index (χ4n) is 2.38. The van der Waals surface area contributed by atoms with Crippen molar-refractivity contribution in [3.63, 3.8) is 0 Å². The number of benzene rings is 1. The number of rotatable bonds is 4. The Hall–Kier alpha value is -1.09. The van der Waals surface area contributed by atoms with Gasteiger partial charge in [-0.2, -0.15) is 5.10 Å². The molecule has 1 atom stereocenters. The number of halogens is 1. The van der Waals surface area contributed by atoms with Gasteiger partial charge in [0, 0.05) is 16.6 Å². The minimum Gasteiger partial charge on any atom is -0.241 e. The molecule has 18 heavy (non-hydrogen) atoms. The fourth-order valence-corrected chi connectivity index (χ4v) is 3.14. The summed E-state index contributed by atoms with van der Waals surface area (Å²) in [6, 6.07) is 10.3. The van der Waals surface area contributed by atoms with Crippen molar-refractivity contribution >= 4 is 15.9 Å². The second-order valence-corrected chi connectivity index (χ2v) is 6.16. The van der Waals surface area contributed by atoms with Crippen molar-refractivity contribution in [1.29, 1.82) is 0 Å². The van der Waals surface area contributed by atoms with E-state index in [2.05, 4.69) is 39.4 Å². The third-order valence-electron chi connectivity index (χ3n) is 3.75. The van der Waals surface area contributed by atoms with Crippen molar-refractivity contribution in [2.75, 3.05) is 0 Å². The van der Waals surface area contributed by atoms with Crippen LogP contribution in [-0.4, -0.2) is 9.78 Å². The molecule has 0 amide bonds. The Balaban J connectivity index is 1.72. The van der Waals surface area contributed by atoms with Gasteiger partial charge < -0.3 is 0 Å². The first kappa shape index (κ1) is 12.0. The zero-order chi connectivity index (χ0) is 12.4. The highest BCUT2D eigenvalue weighted by atomic mass is 79.9. The van der Waals surface area contributed by atoms with Crippen LogP contribution in [0.3, 0.4) is 0 Å². The first-order valence-electron chi connectivity index (χ1n) is 6.57. The van der Waals surface area contributed by atoms with Gasteiger partial charge in [-0.15, -0.1) is 0 Å². The van der Waals surface area contributed by atoms with E-state index in [1.54, 1.807) is 0 Å². The summed E-state index contributed by atoms with van der Waals surface area (Å²) in [5.41, 5.74) is 2.40. The third kappa shape index (κ3) is 2.51. The maximum absolute atomic E-state index is 4.45. The van der Waals surface area contributed by atoms with Crippen LogP contribution in [-0.2, 0) is 0 Å². The minimum absolute atomic E-state index is 0.445. The second-order valence-electron chi connectivity index (χ2n) is 5.05. The quantitative estimate of drug-likeness (QED) is 0.761. The number of aromatic nitrogens is 2. The molecule has 0 bridgehead atoms. The molecule has 0 spiro atoms. The van der Waals surface area contributed by atoms with E-state index in [-0.39, 0.29) is 0 Å². The normalized spacial score (nSPS) is 17.4. The molecule has 1 aromatic heterocycles. The van der Waals surface area contributed by atoms with E-state index in [0.717, 1.165) is 11.6 Å². The Morgan fingerprint density at radius 3 is 2.72 bits per heavy atom. The van der Waals surface area contributed by atoms with Crippen molar-refractivity contribution in [3.05, 3.63) is 48.3 Å². The maximum atomic E-state index is 4.45. The number of hydrogen-bond donors (Lipinski definition) is 0. The van der Waals surface area contributed by atoms with Crippen LogP contribution in [0.5, 0.6) is 0 Å². The summed E-state index contributed by atoms with van der Waals surface area (Å²) in [6.07, 6.45) is 9.55. The van der Waals surface area contributed by atoms with Crippen LogP contribution in [0.2, 0.25) is 0 Å². The van der Waals surface area contributed by atoms with Crippen LogP contribution in [0.1, 0.15) is 36.1 Å². The molecule has 1 saturated carbocycles. The van der Waals surface area contributed by atoms with Crippen LogP contribution < -0.4 is 0 Å². The number of hydrogen-bond acceptors (Lipinski definition) is 1. The molecule has 3 heteroatoms. The molecule has 2 aromatic rings. The monoisotopic (exact) mass is 304 g/mol. The summed E-state index contributed by atoms with van der Waals surface area (Å²) in [6.45, 7) is 0. The van der Waals surface area contributed by atoms with Crippen molar-refractivity contribution in [2.24, 2.45) is 5.92 Å². The largest absolute Gasteiger partial charge is 0.241 e. The van der Waals surface area contributed by atoms with Gasteiger partial charge in [0.1, 0.15) is 0 Å². The van der Waals surface area contributed by atoms with E-state index in [1.165, 1.54) is 31.2 Å². The van der Waals surface area contributed by atoms with Crippen molar-refractivity contribution < 1.29 is 0 Å². The molecule has 94 valence electrons. The van der Waals surface area contributed by atoms with Gasteiger partial charge in [0.2, 0.25) is 0 Å². The molecular weight excluding hydrogens is 288 g/mol. The van der Waals surface area contributed by atoms with Crippen LogP contribution in [0.15, 0.2) is 42.7 Å². The topological polar surface area (TPSA) is 17.8 Å². The van der Waals surface area contributed by atoms with Crippen LogP contribution in [0, 0.1) is 5.92 Å². The molecule has 2 nitrogen and oxygen atoms in total. The van der Waals surface area contributed by atoms with Gasteiger partial charge in [-0.05, 0) is 24.5 Å². The van der Waals surface area contributed by atoms with E-state index in [9.17, 15) is 0 Å². The predicted molar refractivity (Wildman–Crippen MR) is 77.2 cm³/mol. The Kier molecular flexibility index (Phi) is 3.50. The first-order valence-corrected chi connectivity index (χ1v) is 7.48. The molecule has 1 unspecified atom stereocenters. The van der Waals surface area contributed by atoms with Crippen LogP contribution in [0.25, 0.3) is 5.69 Å². The van der Waals surface area contributed by atoms with Gasteiger partial charge in [-0.25, -0.2) is 4.68 Å². The van der Waals surface area contributed by atoms with E-state index in [4.69, 9.17) is 0 Å². The fraction of sp³-hybridized carbons (Fsp3) is 0.400. The Morgan fingerprint density at radius 2 is 2.06 bits per heavy atom. The lowest BCUT2D eigenvalue weighted by Gasteiger charge is -2.27. The smallest absolute Gasteiger partial charge is 0.0645 e. The van der Waals surface area contributed by atoms with Crippen molar-refractivity contribution in [2.45, 2.75) is 30.5 Å². The van der Waals surface area contributed by atoms with Gasteiger partial charge in [0.25, 0.3) is 0 Å². The summed E-state index contributed by atoms with van der Waals surface area (Å²) in [5.74, 6) is 0.912. The minimum atomic E-state index is 0.445. The predicted octanol–water partition coefficient (Wildman–Crippen LogP) is 4.50. The lowest BCUT2D eigenvalue weighted by atomic mass is 9.81. The molecule has 0 saturated heterocycles. The summed E-state index contributed by atoms with van der Waals surface area (Å²) in [7, 11) is 0. The molecule has 1 fully saturated rings. The molecule has 1 aliphatic carbocycles. The summed E-state index contributed by atoms with van der Waals surface area (Å²) in [5, 5.41) is 4.45. The van der Waals surface area contributed by atoms with E-state index >= 15 is 0 Å². The zero-order valence-corrected chi connectivity index (χ0v) is 11.9. The lowest BCUT2D eigenvalue weighted by molar-refractivity contribution is 0.295. The average molecular weight is 305 g/mol. The first-order chi connectivity index (χ1) is 8.83. The average Bonchev–Trinajstić information content (AvgIpc) is 2.84. The molecule has 0 aliphatic heterocycles. The lowest BCUT2D eigenvalue weighted by Crippen LogP contribution is -2.12.